The first-order chi connectivity index (χ1) is 9.47. The largest absolute Gasteiger partial charge is 0.306 e. The van der Waals surface area contributed by atoms with E-state index in [9.17, 15) is 14.9 Å². The molecule has 0 aliphatic rings. The van der Waals surface area contributed by atoms with Crippen LogP contribution in [0.2, 0.25) is 10.2 Å². The molecular weight excluding hydrogens is 307 g/mol. The van der Waals surface area contributed by atoms with Gasteiger partial charge in [-0.05, 0) is 18.2 Å². The number of nitro groups is 1. The molecule has 0 saturated carbocycles. The van der Waals surface area contributed by atoms with Crippen LogP contribution in [-0.2, 0) is 0 Å². The number of carbonyl (C=O) groups excluding carboxylic acids is 1. The molecule has 2 heterocycles. The fourth-order valence-corrected chi connectivity index (χ4v) is 1.65. The number of nitrogens with one attached hydrogen (secondary N) is 1. The van der Waals surface area contributed by atoms with Crippen LogP contribution in [0, 0.1) is 10.1 Å². The number of rotatable bonds is 3. The van der Waals surface area contributed by atoms with Gasteiger partial charge < -0.3 is 5.32 Å². The first-order valence-corrected chi connectivity index (χ1v) is 5.96. The third kappa shape index (κ3) is 3.19. The van der Waals surface area contributed by atoms with Crippen molar-refractivity contribution in [1.82, 2.24) is 9.97 Å². The lowest BCUT2D eigenvalue weighted by Gasteiger charge is -2.05. The Morgan fingerprint density at radius 2 is 2.00 bits per heavy atom. The van der Waals surface area contributed by atoms with E-state index >= 15 is 0 Å². The normalized spacial score (nSPS) is 10.1. The number of carbonyl (C=O) groups is 1. The van der Waals surface area contributed by atoms with Crippen LogP contribution in [0.5, 0.6) is 0 Å². The molecule has 7 nitrogen and oxygen atoms in total. The molecule has 0 aromatic carbocycles. The molecule has 0 unspecified atom stereocenters. The number of hydrogen-bond acceptors (Lipinski definition) is 5. The van der Waals surface area contributed by atoms with E-state index in [1.807, 2.05) is 0 Å². The van der Waals surface area contributed by atoms with E-state index < -0.39 is 16.5 Å². The van der Waals surface area contributed by atoms with E-state index in [-0.39, 0.29) is 16.5 Å². The van der Waals surface area contributed by atoms with Gasteiger partial charge >= 0.3 is 0 Å². The van der Waals surface area contributed by atoms with Gasteiger partial charge in [-0.1, -0.05) is 23.2 Å². The molecule has 0 spiro atoms. The number of pyridine rings is 2. The van der Waals surface area contributed by atoms with Crippen LogP contribution in [-0.4, -0.2) is 20.8 Å². The zero-order valence-electron chi connectivity index (χ0n) is 9.71. The van der Waals surface area contributed by atoms with Crippen molar-refractivity contribution in [3.05, 3.63) is 56.4 Å². The van der Waals surface area contributed by atoms with Gasteiger partial charge in [-0.2, -0.15) is 0 Å². The molecule has 0 fully saturated rings. The van der Waals surface area contributed by atoms with Gasteiger partial charge in [0.15, 0.2) is 0 Å². The Kier molecular flexibility index (Phi) is 4.11. The minimum Gasteiger partial charge on any atom is -0.306 e. The van der Waals surface area contributed by atoms with Gasteiger partial charge in [-0.15, -0.1) is 0 Å². The smallest absolute Gasteiger partial charge is 0.300 e. The lowest BCUT2D eigenvalue weighted by atomic mass is 10.2. The topological polar surface area (TPSA) is 98.0 Å². The highest BCUT2D eigenvalue weighted by Crippen LogP contribution is 2.21. The molecule has 0 radical (unpaired) electrons. The summed E-state index contributed by atoms with van der Waals surface area (Å²) in [6.07, 6.45) is 2.26. The summed E-state index contributed by atoms with van der Waals surface area (Å²) in [5.74, 6) is -0.502. The maximum atomic E-state index is 12.0. The molecule has 0 bridgehead atoms. The minimum atomic E-state index is -0.715. The number of aromatic nitrogens is 2. The zero-order chi connectivity index (χ0) is 14.7. The van der Waals surface area contributed by atoms with Crippen molar-refractivity contribution in [3.8, 4) is 0 Å². The Morgan fingerprint density at radius 3 is 2.60 bits per heavy atom. The molecule has 20 heavy (non-hydrogen) atoms. The molecule has 0 aliphatic carbocycles. The summed E-state index contributed by atoms with van der Waals surface area (Å²) in [6, 6.07) is 4.11. The third-order valence-electron chi connectivity index (χ3n) is 2.26. The first kappa shape index (κ1) is 14.2. The number of amides is 1. The monoisotopic (exact) mass is 312 g/mol. The van der Waals surface area contributed by atoms with E-state index in [0.29, 0.717) is 5.02 Å². The predicted octanol–water partition coefficient (Wildman–Crippen LogP) is 2.94. The number of anilines is 1. The Labute approximate surface area is 122 Å². The Hall–Kier alpha value is -2.25. The summed E-state index contributed by atoms with van der Waals surface area (Å²) in [5, 5.41) is 13.6. The zero-order valence-corrected chi connectivity index (χ0v) is 11.2. The van der Waals surface area contributed by atoms with Crippen molar-refractivity contribution in [2.45, 2.75) is 0 Å². The number of halogens is 2. The standard InChI is InChI=1S/C11H6Cl2N4O3/c12-6-1-2-10(15-4-6)16-11(18)7-3-9(13)14-5-8(7)17(19)20/h1-5H,(H,15,16,18). The van der Waals surface area contributed by atoms with E-state index in [1.54, 1.807) is 0 Å². The molecule has 2 aromatic heterocycles. The van der Waals surface area contributed by atoms with E-state index in [2.05, 4.69) is 15.3 Å². The maximum absolute atomic E-state index is 12.0. The van der Waals surface area contributed by atoms with E-state index in [1.165, 1.54) is 18.3 Å². The van der Waals surface area contributed by atoms with E-state index in [0.717, 1.165) is 12.3 Å². The van der Waals surface area contributed by atoms with Crippen molar-refractivity contribution in [2.75, 3.05) is 5.32 Å². The average molecular weight is 313 g/mol. The van der Waals surface area contributed by atoms with Gasteiger partial charge in [0.25, 0.3) is 11.6 Å². The minimum absolute atomic E-state index is 0.0233. The van der Waals surface area contributed by atoms with Gasteiger partial charge in [-0.3, -0.25) is 14.9 Å². The Morgan fingerprint density at radius 1 is 1.25 bits per heavy atom. The maximum Gasteiger partial charge on any atom is 0.300 e. The number of hydrogen-bond donors (Lipinski definition) is 1. The molecule has 1 N–H and O–H groups in total. The van der Waals surface area contributed by atoms with Crippen molar-refractivity contribution in [2.24, 2.45) is 0 Å². The highest BCUT2D eigenvalue weighted by molar-refractivity contribution is 6.30. The second kappa shape index (κ2) is 5.81. The van der Waals surface area contributed by atoms with Crippen molar-refractivity contribution in [1.29, 1.82) is 0 Å². The summed E-state index contributed by atoms with van der Waals surface area (Å²) in [7, 11) is 0. The lowest BCUT2D eigenvalue weighted by molar-refractivity contribution is -0.385. The molecule has 0 aliphatic heterocycles. The summed E-state index contributed by atoms with van der Waals surface area (Å²) in [5.41, 5.74) is -0.646. The second-order valence-electron chi connectivity index (χ2n) is 3.60. The molecule has 0 atom stereocenters. The van der Waals surface area contributed by atoms with E-state index in [4.69, 9.17) is 23.2 Å². The van der Waals surface area contributed by atoms with Crippen LogP contribution in [0.4, 0.5) is 11.5 Å². The Balaban J connectivity index is 2.31. The SMILES string of the molecule is O=C(Nc1ccc(Cl)cn1)c1cc(Cl)ncc1[N+](=O)[O-]. The van der Waals surface area contributed by atoms with Crippen molar-refractivity contribution in [3.63, 3.8) is 0 Å². The van der Waals surface area contributed by atoms with Gasteiger partial charge in [0.1, 0.15) is 22.7 Å². The molecule has 1 amide bonds. The summed E-state index contributed by atoms with van der Waals surface area (Å²) < 4.78 is 0. The van der Waals surface area contributed by atoms with Crippen LogP contribution in [0.1, 0.15) is 10.4 Å². The number of nitrogens with zero attached hydrogens (tertiary/aromatic N) is 3. The quantitative estimate of drug-likeness (QED) is 0.533. The summed E-state index contributed by atoms with van der Waals surface area (Å²) in [6.45, 7) is 0. The van der Waals surface area contributed by atoms with Crippen molar-refractivity contribution < 1.29 is 9.72 Å². The highest BCUT2D eigenvalue weighted by Gasteiger charge is 2.21. The van der Waals surface area contributed by atoms with Gasteiger partial charge in [0.05, 0.1) is 9.95 Å². The van der Waals surface area contributed by atoms with Crippen LogP contribution < -0.4 is 5.32 Å². The van der Waals surface area contributed by atoms with Gasteiger partial charge in [-0.25, -0.2) is 9.97 Å². The van der Waals surface area contributed by atoms with Crippen LogP contribution in [0.15, 0.2) is 30.6 Å². The first-order valence-electron chi connectivity index (χ1n) is 5.20. The molecule has 9 heteroatoms. The summed E-state index contributed by atoms with van der Waals surface area (Å²) in [4.78, 5) is 29.6. The Bertz CT molecular complexity index is 676. The van der Waals surface area contributed by atoms with Crippen LogP contribution in [0.25, 0.3) is 0 Å². The van der Waals surface area contributed by atoms with Crippen LogP contribution >= 0.6 is 23.2 Å². The molecule has 0 saturated heterocycles. The highest BCUT2D eigenvalue weighted by atomic mass is 35.5. The average Bonchev–Trinajstić information content (AvgIpc) is 2.41. The van der Waals surface area contributed by atoms with Crippen molar-refractivity contribution >= 4 is 40.6 Å². The fraction of sp³-hybridized carbons (Fsp3) is 0. The predicted molar refractivity (Wildman–Crippen MR) is 73.1 cm³/mol. The molecule has 2 rings (SSSR count). The fourth-order valence-electron chi connectivity index (χ4n) is 1.38. The molecule has 2 aromatic rings. The lowest BCUT2D eigenvalue weighted by Crippen LogP contribution is -2.15. The van der Waals surface area contributed by atoms with Gasteiger partial charge in [0, 0.05) is 6.20 Å². The van der Waals surface area contributed by atoms with Gasteiger partial charge in [0.2, 0.25) is 0 Å². The summed E-state index contributed by atoms with van der Waals surface area (Å²) >= 11 is 11.3. The third-order valence-corrected chi connectivity index (χ3v) is 2.69. The van der Waals surface area contributed by atoms with Crippen LogP contribution in [0.3, 0.4) is 0 Å². The molecule has 102 valence electrons. The molecular formula is C11H6Cl2N4O3. The second-order valence-corrected chi connectivity index (χ2v) is 4.42.